The lowest BCUT2D eigenvalue weighted by atomic mass is 9.96. The first-order chi connectivity index (χ1) is 14.7. The minimum absolute atomic E-state index is 0.203. The van der Waals surface area contributed by atoms with Crippen LogP contribution in [0.3, 0.4) is 0 Å². The summed E-state index contributed by atoms with van der Waals surface area (Å²) in [6, 6.07) is 7.79. The summed E-state index contributed by atoms with van der Waals surface area (Å²) in [7, 11) is 0. The average molecular weight is 444 g/mol. The fourth-order valence-corrected chi connectivity index (χ4v) is 3.58. The molecule has 31 heavy (non-hydrogen) atoms. The number of rotatable bonds is 5. The van der Waals surface area contributed by atoms with E-state index >= 15 is 0 Å². The maximum atomic E-state index is 13.9. The number of aliphatic imine (C=N–C) groups is 1. The van der Waals surface area contributed by atoms with Crippen LogP contribution < -0.4 is 4.90 Å². The van der Waals surface area contributed by atoms with E-state index in [1.54, 1.807) is 4.90 Å². The molecule has 0 radical (unpaired) electrons. The van der Waals surface area contributed by atoms with E-state index in [1.807, 2.05) is 45.0 Å². The molecule has 3 aromatic rings. The van der Waals surface area contributed by atoms with E-state index in [2.05, 4.69) is 42.5 Å². The monoisotopic (exact) mass is 443 g/mol. The van der Waals surface area contributed by atoms with Crippen LogP contribution in [0.25, 0.3) is 11.2 Å². The highest BCUT2D eigenvalue weighted by molar-refractivity contribution is 7.78. The highest BCUT2D eigenvalue weighted by Crippen LogP contribution is 2.33. The summed E-state index contributed by atoms with van der Waals surface area (Å²) in [5, 5.41) is 11.5. The van der Waals surface area contributed by atoms with Crippen LogP contribution >= 0.6 is 12.2 Å². The van der Waals surface area contributed by atoms with Crippen LogP contribution in [-0.2, 0) is 18.5 Å². The minimum atomic E-state index is -2.74. The Labute approximate surface area is 184 Å². The Morgan fingerprint density at radius 2 is 1.90 bits per heavy atom. The van der Waals surface area contributed by atoms with Gasteiger partial charge in [-0.3, -0.25) is 0 Å². The van der Waals surface area contributed by atoms with Gasteiger partial charge in [0.05, 0.1) is 24.8 Å². The number of thiocarbonyl (C=S) groups is 1. The third-order valence-corrected chi connectivity index (χ3v) is 5.29. The molecular weight excluding hydrogens is 420 g/mol. The average Bonchev–Trinajstić information content (AvgIpc) is 3.28. The summed E-state index contributed by atoms with van der Waals surface area (Å²) in [6.07, 6.45) is -0.203. The fourth-order valence-electron chi connectivity index (χ4n) is 3.52. The lowest BCUT2D eigenvalue weighted by Crippen LogP contribution is -2.27. The van der Waals surface area contributed by atoms with Crippen LogP contribution in [0.5, 0.6) is 0 Å². The van der Waals surface area contributed by atoms with Gasteiger partial charge in [-0.2, -0.15) is 4.80 Å². The van der Waals surface area contributed by atoms with Crippen LogP contribution in [0.1, 0.15) is 44.1 Å². The van der Waals surface area contributed by atoms with Crippen molar-refractivity contribution in [2.75, 3.05) is 18.0 Å². The van der Waals surface area contributed by atoms with Gasteiger partial charge in [0.25, 0.3) is 5.92 Å². The van der Waals surface area contributed by atoms with E-state index in [9.17, 15) is 8.78 Å². The Balaban J connectivity index is 1.76. The lowest BCUT2D eigenvalue weighted by Gasteiger charge is -2.21. The van der Waals surface area contributed by atoms with E-state index < -0.39 is 5.92 Å². The number of hydrogen-bond acceptors (Lipinski definition) is 7. The molecule has 0 saturated carbocycles. The van der Waals surface area contributed by atoms with Gasteiger partial charge in [-0.05, 0) is 23.3 Å². The number of anilines is 1. The second-order valence-corrected chi connectivity index (χ2v) is 8.91. The minimum Gasteiger partial charge on any atom is -0.348 e. The maximum Gasteiger partial charge on any atom is 0.266 e. The molecule has 1 aliphatic rings. The topological polar surface area (TPSA) is 72.1 Å². The number of nitrogens with zero attached hydrogens (tertiary/aromatic N) is 7. The third-order valence-electron chi connectivity index (χ3n) is 5.16. The summed E-state index contributed by atoms with van der Waals surface area (Å²) in [4.78, 5) is 16.4. The van der Waals surface area contributed by atoms with Crippen molar-refractivity contribution in [1.82, 2.24) is 25.0 Å². The standard InChI is InChI=1S/C21H23F2N7S/c1-20(2,3)19-25-17-16(18(26-19)29-9-8-21(22,23)12-29)27-30(28-17)11-15-7-5-4-6-14(15)10-24-13-31/h4-7H,8-12H2,1-3H3. The van der Waals surface area contributed by atoms with Gasteiger partial charge in [-0.1, -0.05) is 45.0 Å². The number of halogens is 2. The zero-order valence-electron chi connectivity index (χ0n) is 17.6. The molecule has 162 valence electrons. The SMILES string of the molecule is CC(C)(C)c1nc(N2CCC(F)(F)C2)c2nn(Cc3ccccc3CN=C=S)nc2n1. The first kappa shape index (κ1) is 21.4. The number of benzene rings is 1. The molecule has 4 rings (SSSR count). The van der Waals surface area contributed by atoms with Crippen LogP contribution in [-0.4, -0.2) is 49.1 Å². The van der Waals surface area contributed by atoms with Gasteiger partial charge in [0.15, 0.2) is 11.3 Å². The third kappa shape index (κ3) is 4.60. The number of aromatic nitrogens is 5. The van der Waals surface area contributed by atoms with Crippen LogP contribution in [0.15, 0.2) is 29.3 Å². The van der Waals surface area contributed by atoms with Gasteiger partial charge in [-0.15, -0.1) is 10.2 Å². The van der Waals surface area contributed by atoms with Crippen molar-refractivity contribution in [3.05, 3.63) is 41.2 Å². The number of hydrogen-bond donors (Lipinski definition) is 0. The van der Waals surface area contributed by atoms with E-state index in [1.165, 1.54) is 4.80 Å². The van der Waals surface area contributed by atoms with Gasteiger partial charge in [-0.25, -0.2) is 23.7 Å². The Bertz CT molecular complexity index is 1160. The molecule has 7 nitrogen and oxygen atoms in total. The zero-order valence-corrected chi connectivity index (χ0v) is 18.5. The van der Waals surface area contributed by atoms with E-state index in [4.69, 9.17) is 0 Å². The van der Waals surface area contributed by atoms with Crippen molar-refractivity contribution < 1.29 is 8.78 Å². The highest BCUT2D eigenvalue weighted by Gasteiger charge is 2.40. The second kappa shape index (κ2) is 8.01. The van der Waals surface area contributed by atoms with Gasteiger partial charge in [0.2, 0.25) is 5.65 Å². The molecule has 1 aliphatic heterocycles. The Hall–Kier alpha value is -2.84. The van der Waals surface area contributed by atoms with Crippen LogP contribution in [0.4, 0.5) is 14.6 Å². The van der Waals surface area contributed by atoms with Crippen LogP contribution in [0.2, 0.25) is 0 Å². The van der Waals surface area contributed by atoms with Crippen molar-refractivity contribution in [1.29, 1.82) is 0 Å². The Morgan fingerprint density at radius 3 is 2.55 bits per heavy atom. The summed E-state index contributed by atoms with van der Waals surface area (Å²) in [5.74, 6) is -1.78. The molecule has 0 spiro atoms. The zero-order chi connectivity index (χ0) is 22.2. The first-order valence-corrected chi connectivity index (χ1v) is 10.4. The van der Waals surface area contributed by atoms with Gasteiger partial charge in [0.1, 0.15) is 5.82 Å². The van der Waals surface area contributed by atoms with Crippen molar-refractivity contribution in [2.24, 2.45) is 4.99 Å². The van der Waals surface area contributed by atoms with Crippen molar-refractivity contribution >= 4 is 34.4 Å². The fraction of sp³-hybridized carbons (Fsp3) is 0.476. The van der Waals surface area contributed by atoms with Crippen molar-refractivity contribution in [3.8, 4) is 0 Å². The van der Waals surface area contributed by atoms with E-state index in [-0.39, 0.29) is 24.9 Å². The number of isothiocyanates is 1. The lowest BCUT2D eigenvalue weighted by molar-refractivity contribution is 0.0257. The predicted molar refractivity (Wildman–Crippen MR) is 118 cm³/mol. The Morgan fingerprint density at radius 1 is 1.16 bits per heavy atom. The molecule has 0 aliphatic carbocycles. The summed E-state index contributed by atoms with van der Waals surface area (Å²) in [5.41, 5.74) is 2.44. The maximum absolute atomic E-state index is 13.9. The smallest absolute Gasteiger partial charge is 0.266 e. The van der Waals surface area contributed by atoms with Crippen LogP contribution in [0, 0.1) is 0 Å². The van der Waals surface area contributed by atoms with Gasteiger partial charge < -0.3 is 4.90 Å². The van der Waals surface area contributed by atoms with Crippen molar-refractivity contribution in [2.45, 2.75) is 51.6 Å². The quantitative estimate of drug-likeness (QED) is 0.438. The molecule has 0 atom stereocenters. The molecule has 10 heteroatoms. The molecule has 0 bridgehead atoms. The summed E-state index contributed by atoms with van der Waals surface area (Å²) in [6.45, 7) is 6.58. The molecular formula is C21H23F2N7S. The second-order valence-electron chi connectivity index (χ2n) is 8.73. The first-order valence-electron chi connectivity index (χ1n) is 10.0. The summed E-state index contributed by atoms with van der Waals surface area (Å²) >= 11 is 4.67. The molecule has 2 aromatic heterocycles. The van der Waals surface area contributed by atoms with Gasteiger partial charge >= 0.3 is 0 Å². The summed E-state index contributed by atoms with van der Waals surface area (Å²) < 4.78 is 27.8. The Kier molecular flexibility index (Phi) is 5.53. The van der Waals surface area contributed by atoms with E-state index in [0.29, 0.717) is 35.9 Å². The number of alkyl halides is 2. The molecule has 0 amide bonds. The largest absolute Gasteiger partial charge is 0.348 e. The molecule has 0 unspecified atom stereocenters. The molecule has 0 N–H and O–H groups in total. The highest BCUT2D eigenvalue weighted by atomic mass is 32.1. The predicted octanol–water partition coefficient (Wildman–Crippen LogP) is 4.02. The molecule has 1 saturated heterocycles. The van der Waals surface area contributed by atoms with Crippen molar-refractivity contribution in [3.63, 3.8) is 0 Å². The molecule has 1 fully saturated rings. The molecule has 1 aromatic carbocycles. The van der Waals surface area contributed by atoms with Gasteiger partial charge in [0, 0.05) is 18.4 Å². The van der Waals surface area contributed by atoms with E-state index in [0.717, 1.165) is 11.1 Å². The number of fused-ring (bicyclic) bond motifs is 1. The molecule has 3 heterocycles. The normalized spacial score (nSPS) is 16.0.